The Morgan fingerprint density at radius 1 is 1.69 bits per heavy atom. The summed E-state index contributed by atoms with van der Waals surface area (Å²) in [6, 6.07) is -0.151. The van der Waals surface area contributed by atoms with Crippen molar-refractivity contribution in [3.05, 3.63) is 0 Å². The summed E-state index contributed by atoms with van der Waals surface area (Å²) in [6.45, 7) is 3.60. The van der Waals surface area contributed by atoms with Crippen LogP contribution in [-0.4, -0.2) is 38.4 Å². The fraction of sp³-hybridized carbons (Fsp3) is 0.889. The molecule has 2 aliphatic rings. The molecule has 2 saturated heterocycles. The average Bonchev–Trinajstić information content (AvgIpc) is 2.48. The minimum Gasteiger partial charge on any atom is -0.468 e. The Balaban J connectivity index is 2.04. The number of nitrogens with one attached hydrogen (secondary N) is 1. The summed E-state index contributed by atoms with van der Waals surface area (Å²) in [7, 11) is 1.43. The van der Waals surface area contributed by atoms with Gasteiger partial charge in [-0.1, -0.05) is 0 Å². The van der Waals surface area contributed by atoms with Crippen LogP contribution in [-0.2, 0) is 14.3 Å². The van der Waals surface area contributed by atoms with Gasteiger partial charge in [0.25, 0.3) is 0 Å². The van der Waals surface area contributed by atoms with Crippen molar-refractivity contribution in [3.8, 4) is 0 Å². The zero-order valence-electron chi connectivity index (χ0n) is 8.00. The Bertz CT molecular complexity index is 231. The van der Waals surface area contributed by atoms with Gasteiger partial charge < -0.3 is 14.8 Å². The molecule has 2 aliphatic heterocycles. The van der Waals surface area contributed by atoms with Crippen LogP contribution in [0.1, 0.15) is 13.3 Å². The van der Waals surface area contributed by atoms with E-state index in [2.05, 4.69) is 5.32 Å². The molecule has 4 heteroatoms. The van der Waals surface area contributed by atoms with Crippen LogP contribution in [0.15, 0.2) is 0 Å². The Morgan fingerprint density at radius 2 is 2.46 bits per heavy atom. The van der Waals surface area contributed by atoms with E-state index in [4.69, 9.17) is 9.47 Å². The fourth-order valence-corrected chi connectivity index (χ4v) is 2.27. The van der Waals surface area contributed by atoms with E-state index in [-0.39, 0.29) is 23.5 Å². The van der Waals surface area contributed by atoms with E-state index >= 15 is 0 Å². The van der Waals surface area contributed by atoms with Gasteiger partial charge in [-0.05, 0) is 13.3 Å². The molecule has 0 bridgehead atoms. The molecule has 0 aromatic rings. The number of hydrogen-bond donors (Lipinski definition) is 1. The van der Waals surface area contributed by atoms with Crippen LogP contribution in [0.3, 0.4) is 0 Å². The van der Waals surface area contributed by atoms with Crippen molar-refractivity contribution in [3.63, 3.8) is 0 Å². The minimum atomic E-state index is -0.163. The maximum Gasteiger partial charge on any atom is 0.323 e. The second-order valence-electron chi connectivity index (χ2n) is 4.03. The molecule has 0 amide bonds. The fourth-order valence-electron chi connectivity index (χ4n) is 2.27. The molecule has 0 radical (unpaired) electrons. The van der Waals surface area contributed by atoms with Gasteiger partial charge in [0.2, 0.25) is 0 Å². The first kappa shape index (κ1) is 8.97. The van der Waals surface area contributed by atoms with Crippen LogP contribution in [0.5, 0.6) is 0 Å². The zero-order chi connectivity index (χ0) is 9.47. The van der Waals surface area contributed by atoms with Gasteiger partial charge in [-0.3, -0.25) is 4.79 Å². The molecule has 3 atom stereocenters. The van der Waals surface area contributed by atoms with E-state index in [1.165, 1.54) is 7.11 Å². The molecule has 74 valence electrons. The van der Waals surface area contributed by atoms with Crippen LogP contribution >= 0.6 is 0 Å². The van der Waals surface area contributed by atoms with Crippen LogP contribution in [0.25, 0.3) is 0 Å². The van der Waals surface area contributed by atoms with Crippen molar-refractivity contribution in [2.45, 2.75) is 25.5 Å². The van der Waals surface area contributed by atoms with Crippen molar-refractivity contribution in [2.75, 3.05) is 20.3 Å². The third kappa shape index (κ3) is 1.25. The quantitative estimate of drug-likeness (QED) is 0.581. The lowest BCUT2D eigenvalue weighted by atomic mass is 9.72. The van der Waals surface area contributed by atoms with Crippen molar-refractivity contribution in [1.82, 2.24) is 5.32 Å². The molecule has 4 nitrogen and oxygen atoms in total. The highest BCUT2D eigenvalue weighted by atomic mass is 16.5. The maximum absolute atomic E-state index is 11.3. The molecule has 13 heavy (non-hydrogen) atoms. The Morgan fingerprint density at radius 3 is 2.85 bits per heavy atom. The molecular weight excluding hydrogens is 170 g/mol. The van der Waals surface area contributed by atoms with Gasteiger partial charge in [-0.25, -0.2) is 0 Å². The van der Waals surface area contributed by atoms with E-state index in [1.807, 2.05) is 6.92 Å². The van der Waals surface area contributed by atoms with Crippen molar-refractivity contribution in [2.24, 2.45) is 5.41 Å². The van der Waals surface area contributed by atoms with E-state index in [1.54, 1.807) is 0 Å². The lowest BCUT2D eigenvalue weighted by molar-refractivity contribution is -0.151. The van der Waals surface area contributed by atoms with E-state index in [9.17, 15) is 4.79 Å². The van der Waals surface area contributed by atoms with E-state index < -0.39 is 0 Å². The molecule has 0 unspecified atom stereocenters. The van der Waals surface area contributed by atoms with Gasteiger partial charge >= 0.3 is 5.97 Å². The molecule has 2 rings (SSSR count). The number of carbonyl (C=O) groups excluding carboxylic acids is 1. The van der Waals surface area contributed by atoms with Gasteiger partial charge in [0.15, 0.2) is 0 Å². The molecule has 2 fully saturated rings. The number of ether oxygens (including phenoxy) is 2. The lowest BCUT2D eigenvalue weighted by Gasteiger charge is -2.44. The predicted octanol–water partition coefficient (Wildman–Crippen LogP) is -0.0736. The monoisotopic (exact) mass is 185 g/mol. The van der Waals surface area contributed by atoms with Crippen LogP contribution in [0.2, 0.25) is 0 Å². The summed E-state index contributed by atoms with van der Waals surface area (Å²) < 4.78 is 10.2. The highest BCUT2D eigenvalue weighted by Gasteiger charge is 2.55. The van der Waals surface area contributed by atoms with Gasteiger partial charge in [-0.15, -0.1) is 0 Å². The lowest BCUT2D eigenvalue weighted by Crippen LogP contribution is -2.66. The third-order valence-electron chi connectivity index (χ3n) is 3.06. The van der Waals surface area contributed by atoms with Crippen molar-refractivity contribution >= 4 is 5.97 Å². The highest BCUT2D eigenvalue weighted by Crippen LogP contribution is 2.41. The number of rotatable bonds is 1. The van der Waals surface area contributed by atoms with Crippen LogP contribution in [0, 0.1) is 5.41 Å². The average molecular weight is 185 g/mol. The summed E-state index contributed by atoms with van der Waals surface area (Å²) in [5.41, 5.74) is 0.0203. The standard InChI is InChI=1S/C9H15NO3/c1-6-3-9(5-13-6)4-10-7(9)8(11)12-2/h6-7,10H,3-5H2,1-2H3/t6-,7+,9-/m1/s1. The number of carbonyl (C=O) groups is 1. The number of esters is 1. The van der Waals surface area contributed by atoms with E-state index in [0.717, 1.165) is 13.0 Å². The van der Waals surface area contributed by atoms with Gasteiger partial charge in [0, 0.05) is 12.0 Å². The molecule has 0 aromatic heterocycles. The molecule has 0 saturated carbocycles. The second-order valence-corrected chi connectivity index (χ2v) is 4.03. The summed E-state index contributed by atoms with van der Waals surface area (Å²) in [4.78, 5) is 11.3. The maximum atomic E-state index is 11.3. The molecule has 1 spiro atoms. The summed E-state index contributed by atoms with van der Waals surface area (Å²) in [6.07, 6.45) is 1.23. The molecule has 2 heterocycles. The topological polar surface area (TPSA) is 47.6 Å². The van der Waals surface area contributed by atoms with Gasteiger partial charge in [-0.2, -0.15) is 0 Å². The minimum absolute atomic E-state index is 0.0203. The summed E-state index contributed by atoms with van der Waals surface area (Å²) in [5.74, 6) is -0.163. The summed E-state index contributed by atoms with van der Waals surface area (Å²) in [5, 5.41) is 3.09. The normalized spacial score (nSPS) is 43.2. The van der Waals surface area contributed by atoms with Crippen molar-refractivity contribution < 1.29 is 14.3 Å². The third-order valence-corrected chi connectivity index (χ3v) is 3.06. The Labute approximate surface area is 77.6 Å². The molecular formula is C9H15NO3. The SMILES string of the molecule is COC(=O)[C@@H]1NC[C@]12CO[C@H](C)C2. The van der Waals surface area contributed by atoms with Gasteiger partial charge in [0.1, 0.15) is 6.04 Å². The van der Waals surface area contributed by atoms with Crippen LogP contribution < -0.4 is 5.32 Å². The first-order chi connectivity index (χ1) is 6.18. The first-order valence-electron chi connectivity index (χ1n) is 4.61. The summed E-state index contributed by atoms with van der Waals surface area (Å²) >= 11 is 0. The van der Waals surface area contributed by atoms with Crippen molar-refractivity contribution in [1.29, 1.82) is 0 Å². The van der Waals surface area contributed by atoms with Gasteiger partial charge in [0.05, 0.1) is 19.8 Å². The second kappa shape index (κ2) is 2.96. The van der Waals surface area contributed by atoms with Crippen LogP contribution in [0.4, 0.5) is 0 Å². The number of hydrogen-bond acceptors (Lipinski definition) is 4. The largest absolute Gasteiger partial charge is 0.468 e. The molecule has 0 aliphatic carbocycles. The Kier molecular flexibility index (Phi) is 2.04. The number of methoxy groups -OCH3 is 1. The Hall–Kier alpha value is -0.610. The molecule has 1 N–H and O–H groups in total. The highest BCUT2D eigenvalue weighted by molar-refractivity contribution is 5.78. The van der Waals surface area contributed by atoms with E-state index in [0.29, 0.717) is 6.61 Å². The zero-order valence-corrected chi connectivity index (χ0v) is 8.00. The first-order valence-corrected chi connectivity index (χ1v) is 4.61. The molecule has 0 aromatic carbocycles. The predicted molar refractivity (Wildman–Crippen MR) is 46.3 cm³/mol. The smallest absolute Gasteiger partial charge is 0.323 e.